The van der Waals surface area contributed by atoms with E-state index in [0.29, 0.717) is 34.2 Å². The number of aryl methyl sites for hydroxylation is 3. The maximum Gasteiger partial charge on any atom is 0.185 e. The highest BCUT2D eigenvalue weighted by Gasteiger charge is 2.33. The number of fused-ring (bicyclic) bond motifs is 1. The molecule has 34 heavy (non-hydrogen) atoms. The van der Waals surface area contributed by atoms with Crippen molar-refractivity contribution in [3.63, 3.8) is 0 Å². The zero-order valence-corrected chi connectivity index (χ0v) is 21.1. The molecule has 1 aliphatic rings. The van der Waals surface area contributed by atoms with Crippen LogP contribution >= 0.6 is 11.6 Å². The molecular formula is C28H30ClFO3S. The van der Waals surface area contributed by atoms with Crippen LogP contribution in [0.4, 0.5) is 4.39 Å². The lowest BCUT2D eigenvalue weighted by Crippen LogP contribution is -2.20. The lowest BCUT2D eigenvalue weighted by Gasteiger charge is -2.28. The standard InChI is InChI=1S/C28H30ClFO3S/c1-19-3-13-25(14-4-19)34(31,32)28-16-7-20(5-8-21-10-11-23(29)18-27(21)30)6-9-22-17-24(33-2)12-15-26(22)28/h3-4,10-15,17-18,20,28H,5-9,16H2,1-2H3. The molecule has 0 aromatic heterocycles. The van der Waals surface area contributed by atoms with Gasteiger partial charge in [-0.05, 0) is 104 Å². The maximum absolute atomic E-state index is 14.3. The van der Waals surface area contributed by atoms with E-state index in [1.54, 1.807) is 31.4 Å². The molecule has 0 heterocycles. The van der Waals surface area contributed by atoms with Crippen molar-refractivity contribution in [3.8, 4) is 5.75 Å². The predicted octanol–water partition coefficient (Wildman–Crippen LogP) is 7.29. The lowest BCUT2D eigenvalue weighted by atomic mass is 9.84. The fourth-order valence-corrected chi connectivity index (χ4v) is 6.89. The summed E-state index contributed by atoms with van der Waals surface area (Å²) in [5.41, 5.74) is 3.56. The van der Waals surface area contributed by atoms with Crippen LogP contribution in [0, 0.1) is 18.7 Å². The van der Waals surface area contributed by atoms with Gasteiger partial charge in [-0.3, -0.25) is 0 Å². The lowest BCUT2D eigenvalue weighted by molar-refractivity contribution is 0.389. The summed E-state index contributed by atoms with van der Waals surface area (Å²) in [6.45, 7) is 1.95. The SMILES string of the molecule is COc1ccc2c(c1)CCC(CCc1ccc(Cl)cc1F)CCC2S(=O)(=O)c1ccc(C)cc1. The van der Waals surface area contributed by atoms with Crippen LogP contribution in [-0.4, -0.2) is 15.5 Å². The Morgan fingerprint density at radius 1 is 1.00 bits per heavy atom. The molecule has 0 spiro atoms. The van der Waals surface area contributed by atoms with E-state index in [9.17, 15) is 12.8 Å². The van der Waals surface area contributed by atoms with E-state index < -0.39 is 15.1 Å². The summed E-state index contributed by atoms with van der Waals surface area (Å²) in [5, 5.41) is -0.229. The minimum atomic E-state index is -3.57. The summed E-state index contributed by atoms with van der Waals surface area (Å²) < 4.78 is 47.2. The Kier molecular flexibility index (Phi) is 7.63. The molecule has 180 valence electrons. The van der Waals surface area contributed by atoms with Crippen LogP contribution in [0.1, 0.15) is 53.2 Å². The van der Waals surface area contributed by atoms with E-state index >= 15 is 0 Å². The smallest absolute Gasteiger partial charge is 0.185 e. The van der Waals surface area contributed by atoms with Crippen molar-refractivity contribution >= 4 is 21.4 Å². The molecule has 0 N–H and O–H groups in total. The first-order valence-electron chi connectivity index (χ1n) is 11.7. The highest BCUT2D eigenvalue weighted by atomic mass is 35.5. The number of benzene rings is 3. The van der Waals surface area contributed by atoms with E-state index in [1.807, 2.05) is 37.3 Å². The minimum absolute atomic E-state index is 0.284. The predicted molar refractivity (Wildman–Crippen MR) is 135 cm³/mol. The Morgan fingerprint density at radius 2 is 1.76 bits per heavy atom. The molecule has 0 saturated carbocycles. The Balaban J connectivity index is 1.62. The van der Waals surface area contributed by atoms with Crippen LogP contribution in [0.3, 0.4) is 0 Å². The summed E-state index contributed by atoms with van der Waals surface area (Å²) in [4.78, 5) is 0.352. The number of hydrogen-bond donors (Lipinski definition) is 0. The zero-order chi connectivity index (χ0) is 24.3. The highest BCUT2D eigenvalue weighted by Crippen LogP contribution is 2.40. The molecule has 4 rings (SSSR count). The highest BCUT2D eigenvalue weighted by molar-refractivity contribution is 7.91. The number of rotatable bonds is 6. The van der Waals surface area contributed by atoms with Crippen molar-refractivity contribution < 1.29 is 17.5 Å². The van der Waals surface area contributed by atoms with E-state index in [1.165, 1.54) is 6.07 Å². The van der Waals surface area contributed by atoms with Gasteiger partial charge in [-0.1, -0.05) is 41.4 Å². The first kappa shape index (κ1) is 24.7. The third kappa shape index (κ3) is 5.47. The molecular weight excluding hydrogens is 471 g/mol. The van der Waals surface area contributed by atoms with Gasteiger partial charge in [-0.25, -0.2) is 12.8 Å². The van der Waals surface area contributed by atoms with Crippen molar-refractivity contribution in [2.75, 3.05) is 7.11 Å². The van der Waals surface area contributed by atoms with Crippen molar-refractivity contribution in [1.82, 2.24) is 0 Å². The molecule has 0 fully saturated rings. The van der Waals surface area contributed by atoms with Crippen molar-refractivity contribution in [2.45, 2.75) is 55.6 Å². The van der Waals surface area contributed by atoms with Gasteiger partial charge in [0.05, 0.1) is 17.3 Å². The van der Waals surface area contributed by atoms with E-state index in [0.717, 1.165) is 48.1 Å². The van der Waals surface area contributed by atoms with Gasteiger partial charge in [0.15, 0.2) is 9.84 Å². The van der Waals surface area contributed by atoms with E-state index in [2.05, 4.69) is 0 Å². The van der Waals surface area contributed by atoms with Gasteiger partial charge in [0.25, 0.3) is 0 Å². The third-order valence-corrected chi connectivity index (χ3v) is 9.32. The van der Waals surface area contributed by atoms with Gasteiger partial charge in [0.1, 0.15) is 11.6 Å². The van der Waals surface area contributed by atoms with Crippen molar-refractivity contribution in [2.24, 2.45) is 5.92 Å². The summed E-state index contributed by atoms with van der Waals surface area (Å²) in [6, 6.07) is 17.6. The van der Waals surface area contributed by atoms with Crippen molar-refractivity contribution in [1.29, 1.82) is 0 Å². The second kappa shape index (κ2) is 10.5. The Bertz CT molecular complexity index is 1260. The van der Waals surface area contributed by atoms with Gasteiger partial charge in [0, 0.05) is 5.02 Å². The number of halogens is 2. The minimum Gasteiger partial charge on any atom is -0.497 e. The quantitative estimate of drug-likeness (QED) is 0.357. The van der Waals surface area contributed by atoms with E-state index in [4.69, 9.17) is 16.3 Å². The van der Waals surface area contributed by atoms with Gasteiger partial charge in [-0.15, -0.1) is 0 Å². The van der Waals surface area contributed by atoms with Gasteiger partial charge >= 0.3 is 0 Å². The molecule has 3 aromatic carbocycles. The average molecular weight is 501 g/mol. The fourth-order valence-electron chi connectivity index (χ4n) is 4.87. The normalized spacial score (nSPS) is 18.6. The molecule has 0 saturated heterocycles. The number of methoxy groups -OCH3 is 1. The van der Waals surface area contributed by atoms with Crippen LogP contribution in [0.5, 0.6) is 5.75 Å². The van der Waals surface area contributed by atoms with Crippen LogP contribution < -0.4 is 4.74 Å². The van der Waals surface area contributed by atoms with Gasteiger partial charge < -0.3 is 4.74 Å². The van der Waals surface area contributed by atoms with Crippen LogP contribution in [-0.2, 0) is 22.7 Å². The Morgan fingerprint density at radius 3 is 2.47 bits per heavy atom. The topological polar surface area (TPSA) is 43.4 Å². The fraction of sp³-hybridized carbons (Fsp3) is 0.357. The second-order valence-electron chi connectivity index (χ2n) is 9.17. The molecule has 0 aliphatic heterocycles. The number of ether oxygens (including phenoxy) is 1. The van der Waals surface area contributed by atoms with Crippen molar-refractivity contribution in [3.05, 3.63) is 93.8 Å². The molecule has 3 nitrogen and oxygen atoms in total. The zero-order valence-electron chi connectivity index (χ0n) is 19.6. The number of hydrogen-bond acceptors (Lipinski definition) is 3. The number of sulfone groups is 1. The van der Waals surface area contributed by atoms with Crippen LogP contribution in [0.2, 0.25) is 5.02 Å². The maximum atomic E-state index is 14.3. The summed E-state index contributed by atoms with van der Waals surface area (Å²) >= 11 is 5.89. The van der Waals surface area contributed by atoms with Crippen LogP contribution in [0.15, 0.2) is 65.6 Å². The summed E-state index contributed by atoms with van der Waals surface area (Å²) in [5.74, 6) is 0.740. The molecule has 2 atom stereocenters. The molecule has 1 aliphatic carbocycles. The molecule has 3 aromatic rings. The Hall–Kier alpha value is -2.37. The molecule has 0 radical (unpaired) electrons. The molecule has 2 unspecified atom stereocenters. The third-order valence-electron chi connectivity index (χ3n) is 6.92. The van der Waals surface area contributed by atoms with Gasteiger partial charge in [-0.2, -0.15) is 0 Å². The average Bonchev–Trinajstić information content (AvgIpc) is 2.80. The molecule has 0 bridgehead atoms. The summed E-state index contributed by atoms with van der Waals surface area (Å²) in [7, 11) is -1.95. The first-order chi connectivity index (χ1) is 16.3. The Labute approximate surface area is 206 Å². The second-order valence-corrected chi connectivity index (χ2v) is 11.7. The monoisotopic (exact) mass is 500 g/mol. The molecule has 6 heteroatoms. The molecule has 0 amide bonds. The largest absolute Gasteiger partial charge is 0.497 e. The summed E-state index contributed by atoms with van der Waals surface area (Å²) in [6.07, 6.45) is 4.40. The van der Waals surface area contributed by atoms with Crippen LogP contribution in [0.25, 0.3) is 0 Å². The van der Waals surface area contributed by atoms with Gasteiger partial charge in [0.2, 0.25) is 0 Å². The van der Waals surface area contributed by atoms with E-state index in [-0.39, 0.29) is 5.82 Å². The first-order valence-corrected chi connectivity index (χ1v) is 13.6.